The molecule has 0 aliphatic carbocycles. The van der Waals surface area contributed by atoms with E-state index in [2.05, 4.69) is 16.0 Å². The first kappa shape index (κ1) is 19.7. The summed E-state index contributed by atoms with van der Waals surface area (Å²) in [7, 11) is 0. The van der Waals surface area contributed by atoms with Crippen molar-refractivity contribution in [3.8, 4) is 0 Å². The molecule has 0 bridgehead atoms. The average molecular weight is 401 g/mol. The first-order valence-corrected chi connectivity index (χ1v) is 9.24. The summed E-state index contributed by atoms with van der Waals surface area (Å²) in [5.74, 6) is -0.819. The molecular formula is C20H21ClN4O3. The van der Waals surface area contributed by atoms with Crippen molar-refractivity contribution < 1.29 is 14.4 Å². The van der Waals surface area contributed by atoms with Crippen LogP contribution in [0.2, 0.25) is 5.02 Å². The van der Waals surface area contributed by atoms with Crippen LogP contribution in [0.15, 0.2) is 36.4 Å². The fourth-order valence-corrected chi connectivity index (χ4v) is 3.23. The van der Waals surface area contributed by atoms with Crippen molar-refractivity contribution in [2.24, 2.45) is 0 Å². The lowest BCUT2D eigenvalue weighted by molar-refractivity contribution is -0.115. The number of benzene rings is 2. The van der Waals surface area contributed by atoms with Crippen molar-refractivity contribution in [2.75, 3.05) is 29.9 Å². The highest BCUT2D eigenvalue weighted by atomic mass is 35.5. The summed E-state index contributed by atoms with van der Waals surface area (Å²) in [6, 6.07) is 10.3. The molecule has 1 aliphatic heterocycles. The quantitative estimate of drug-likeness (QED) is 0.720. The number of halogens is 1. The van der Waals surface area contributed by atoms with Gasteiger partial charge in [-0.15, -0.1) is 0 Å². The number of nitrogens with one attached hydrogen (secondary N) is 3. The maximum atomic E-state index is 12.5. The van der Waals surface area contributed by atoms with Gasteiger partial charge in [0, 0.05) is 24.5 Å². The van der Waals surface area contributed by atoms with E-state index in [1.807, 2.05) is 32.0 Å². The first-order valence-electron chi connectivity index (χ1n) is 8.86. The van der Waals surface area contributed by atoms with Crippen LogP contribution < -0.4 is 20.9 Å². The maximum Gasteiger partial charge on any atom is 0.321 e. The molecule has 146 valence electrons. The SMILES string of the molecule is Cc1cccc(C)c1NC(=O)CNC(=O)c1cc(N2CCNC2=O)ccc1Cl. The first-order chi connectivity index (χ1) is 13.4. The summed E-state index contributed by atoms with van der Waals surface area (Å²) in [5.41, 5.74) is 3.41. The molecule has 7 nitrogen and oxygen atoms in total. The Hall–Kier alpha value is -3.06. The van der Waals surface area contributed by atoms with Crippen molar-refractivity contribution in [1.29, 1.82) is 0 Å². The summed E-state index contributed by atoms with van der Waals surface area (Å²) >= 11 is 6.14. The van der Waals surface area contributed by atoms with E-state index in [9.17, 15) is 14.4 Å². The Labute approximate surface area is 168 Å². The van der Waals surface area contributed by atoms with E-state index in [1.54, 1.807) is 18.2 Å². The highest BCUT2D eigenvalue weighted by Gasteiger charge is 2.23. The standard InChI is InChI=1S/C20H21ClN4O3/c1-12-4-3-5-13(2)18(12)24-17(26)11-23-19(27)15-10-14(6-7-16(15)21)25-9-8-22-20(25)28/h3-7,10H,8-9,11H2,1-2H3,(H,22,28)(H,23,27)(H,24,26). The van der Waals surface area contributed by atoms with E-state index in [1.165, 1.54) is 4.90 Å². The molecule has 3 N–H and O–H groups in total. The molecule has 0 unspecified atom stereocenters. The van der Waals surface area contributed by atoms with Gasteiger partial charge in [0.1, 0.15) is 0 Å². The number of carbonyl (C=O) groups excluding carboxylic acids is 3. The smallest absolute Gasteiger partial charge is 0.321 e. The van der Waals surface area contributed by atoms with Gasteiger partial charge in [-0.2, -0.15) is 0 Å². The molecule has 3 rings (SSSR count). The van der Waals surface area contributed by atoms with Crippen molar-refractivity contribution in [3.63, 3.8) is 0 Å². The minimum Gasteiger partial charge on any atom is -0.343 e. The van der Waals surface area contributed by atoms with Crippen LogP contribution in [0.1, 0.15) is 21.5 Å². The molecule has 8 heteroatoms. The highest BCUT2D eigenvalue weighted by molar-refractivity contribution is 6.34. The monoisotopic (exact) mass is 400 g/mol. The Balaban J connectivity index is 1.66. The summed E-state index contributed by atoms with van der Waals surface area (Å²) in [4.78, 5) is 38.1. The maximum absolute atomic E-state index is 12.5. The number of hydrogen-bond acceptors (Lipinski definition) is 3. The van der Waals surface area contributed by atoms with Crippen LogP contribution in [-0.4, -0.2) is 37.5 Å². The molecule has 28 heavy (non-hydrogen) atoms. The molecule has 4 amide bonds. The third kappa shape index (κ3) is 4.26. The molecule has 2 aromatic carbocycles. The zero-order chi connectivity index (χ0) is 20.3. The zero-order valence-electron chi connectivity index (χ0n) is 15.6. The molecule has 0 radical (unpaired) electrons. The second kappa shape index (κ2) is 8.31. The third-order valence-corrected chi connectivity index (χ3v) is 4.85. The van der Waals surface area contributed by atoms with Gasteiger partial charge in [-0.25, -0.2) is 4.79 Å². The minimum atomic E-state index is -0.483. The molecule has 1 saturated heterocycles. The van der Waals surface area contributed by atoms with Crippen molar-refractivity contribution in [3.05, 3.63) is 58.1 Å². The minimum absolute atomic E-state index is 0.197. The van der Waals surface area contributed by atoms with Gasteiger partial charge in [-0.3, -0.25) is 14.5 Å². The fraction of sp³-hybridized carbons (Fsp3) is 0.250. The van der Waals surface area contributed by atoms with Crippen LogP contribution in [0, 0.1) is 13.8 Å². The summed E-state index contributed by atoms with van der Waals surface area (Å²) < 4.78 is 0. The Kier molecular flexibility index (Phi) is 5.84. The van der Waals surface area contributed by atoms with E-state index in [-0.39, 0.29) is 29.1 Å². The fourth-order valence-electron chi connectivity index (χ4n) is 3.02. The highest BCUT2D eigenvalue weighted by Crippen LogP contribution is 2.24. The van der Waals surface area contributed by atoms with Crippen LogP contribution in [0.25, 0.3) is 0 Å². The van der Waals surface area contributed by atoms with Crippen molar-refractivity contribution >= 4 is 40.8 Å². The summed E-state index contributed by atoms with van der Waals surface area (Å²) in [6.07, 6.45) is 0. The Morgan fingerprint density at radius 3 is 2.54 bits per heavy atom. The average Bonchev–Trinajstić information content (AvgIpc) is 3.09. The van der Waals surface area contributed by atoms with Gasteiger partial charge in [-0.05, 0) is 43.2 Å². The van der Waals surface area contributed by atoms with E-state index < -0.39 is 5.91 Å². The molecule has 0 saturated carbocycles. The second-order valence-corrected chi connectivity index (χ2v) is 6.95. The lowest BCUT2D eigenvalue weighted by atomic mass is 10.1. The number of anilines is 2. The molecule has 0 atom stereocenters. The van der Waals surface area contributed by atoms with Gasteiger partial charge in [0.15, 0.2) is 0 Å². The summed E-state index contributed by atoms with van der Waals surface area (Å²) in [5, 5.41) is 8.34. The second-order valence-electron chi connectivity index (χ2n) is 6.55. The van der Waals surface area contributed by atoms with Crippen LogP contribution in [0.5, 0.6) is 0 Å². The Morgan fingerprint density at radius 1 is 1.18 bits per heavy atom. The number of para-hydroxylation sites is 1. The van der Waals surface area contributed by atoms with Gasteiger partial charge in [0.25, 0.3) is 5.91 Å². The van der Waals surface area contributed by atoms with Crippen LogP contribution in [0.4, 0.5) is 16.2 Å². The van der Waals surface area contributed by atoms with E-state index in [0.717, 1.165) is 16.8 Å². The molecule has 1 heterocycles. The zero-order valence-corrected chi connectivity index (χ0v) is 16.4. The van der Waals surface area contributed by atoms with E-state index in [4.69, 9.17) is 11.6 Å². The molecule has 0 aromatic heterocycles. The van der Waals surface area contributed by atoms with Gasteiger partial charge < -0.3 is 16.0 Å². The lowest BCUT2D eigenvalue weighted by Gasteiger charge is -2.16. The largest absolute Gasteiger partial charge is 0.343 e. The van der Waals surface area contributed by atoms with E-state index in [0.29, 0.717) is 18.8 Å². The lowest BCUT2D eigenvalue weighted by Crippen LogP contribution is -2.33. The van der Waals surface area contributed by atoms with Gasteiger partial charge in [-0.1, -0.05) is 29.8 Å². The van der Waals surface area contributed by atoms with Crippen LogP contribution >= 0.6 is 11.6 Å². The Bertz CT molecular complexity index is 925. The van der Waals surface area contributed by atoms with Gasteiger partial charge in [0.05, 0.1) is 17.1 Å². The topological polar surface area (TPSA) is 90.5 Å². The number of carbonyl (C=O) groups is 3. The Morgan fingerprint density at radius 2 is 1.89 bits per heavy atom. The molecule has 0 spiro atoms. The number of rotatable bonds is 5. The van der Waals surface area contributed by atoms with Gasteiger partial charge in [0.2, 0.25) is 5.91 Å². The molecule has 1 aliphatic rings. The molecular weight excluding hydrogens is 380 g/mol. The third-order valence-electron chi connectivity index (χ3n) is 4.52. The number of urea groups is 1. The number of hydrogen-bond donors (Lipinski definition) is 3. The number of amides is 4. The van der Waals surface area contributed by atoms with Gasteiger partial charge >= 0.3 is 6.03 Å². The number of aryl methyl sites for hydroxylation is 2. The van der Waals surface area contributed by atoms with Crippen molar-refractivity contribution in [1.82, 2.24) is 10.6 Å². The summed E-state index contributed by atoms with van der Waals surface area (Å²) in [6.45, 7) is 4.67. The van der Waals surface area contributed by atoms with Crippen LogP contribution in [0.3, 0.4) is 0 Å². The van der Waals surface area contributed by atoms with Crippen molar-refractivity contribution in [2.45, 2.75) is 13.8 Å². The molecule has 2 aromatic rings. The number of nitrogens with zero attached hydrogens (tertiary/aromatic N) is 1. The predicted octanol–water partition coefficient (Wildman–Crippen LogP) is 2.85. The van der Waals surface area contributed by atoms with E-state index >= 15 is 0 Å². The normalized spacial score (nSPS) is 13.2. The predicted molar refractivity (Wildman–Crippen MR) is 109 cm³/mol. The molecule has 1 fully saturated rings. The van der Waals surface area contributed by atoms with Crippen LogP contribution in [-0.2, 0) is 4.79 Å².